The van der Waals surface area contributed by atoms with Crippen molar-refractivity contribution in [1.82, 2.24) is 25.3 Å². The molecule has 6 heteroatoms. The predicted octanol–water partition coefficient (Wildman–Crippen LogP) is 1.32. The normalized spacial score (nSPS) is 11.3. The van der Waals surface area contributed by atoms with Gasteiger partial charge in [-0.2, -0.15) is 0 Å². The van der Waals surface area contributed by atoms with Gasteiger partial charge in [-0.05, 0) is 12.1 Å². The summed E-state index contributed by atoms with van der Waals surface area (Å²) in [7, 11) is 0. The largest absolute Gasteiger partial charge is 0.350 e. The third-order valence-corrected chi connectivity index (χ3v) is 2.58. The van der Waals surface area contributed by atoms with Crippen molar-refractivity contribution < 1.29 is 4.79 Å². The lowest BCUT2D eigenvalue weighted by atomic mass is 9.96. The van der Waals surface area contributed by atoms with Crippen LogP contribution in [0.1, 0.15) is 26.5 Å². The van der Waals surface area contributed by atoms with E-state index in [0.29, 0.717) is 6.54 Å². The molecule has 100 valence electrons. The Morgan fingerprint density at radius 2 is 2.00 bits per heavy atom. The number of nitrogens with zero attached hydrogens (tertiary/aromatic N) is 4. The molecule has 0 fully saturated rings. The van der Waals surface area contributed by atoms with Crippen molar-refractivity contribution in [2.75, 3.05) is 0 Å². The predicted molar refractivity (Wildman–Crippen MR) is 70.5 cm³/mol. The van der Waals surface area contributed by atoms with E-state index in [4.69, 9.17) is 0 Å². The van der Waals surface area contributed by atoms with E-state index in [1.165, 1.54) is 0 Å². The number of hydrogen-bond acceptors (Lipinski definition) is 4. The molecule has 0 saturated heterocycles. The Kier molecular flexibility index (Phi) is 3.59. The van der Waals surface area contributed by atoms with Crippen molar-refractivity contribution in [1.29, 1.82) is 0 Å². The van der Waals surface area contributed by atoms with E-state index in [-0.39, 0.29) is 5.91 Å². The molecule has 0 aliphatic carbocycles. The zero-order valence-electron chi connectivity index (χ0n) is 11.3. The molecule has 0 atom stereocenters. The molecule has 0 spiro atoms. The molecule has 2 aromatic heterocycles. The molecule has 1 amide bonds. The molecule has 6 nitrogen and oxygen atoms in total. The molecule has 0 aliphatic rings. The number of carbonyl (C=O) groups is 1. The van der Waals surface area contributed by atoms with Crippen LogP contribution in [0.4, 0.5) is 0 Å². The molecule has 2 heterocycles. The first-order chi connectivity index (χ1) is 8.97. The first-order valence-corrected chi connectivity index (χ1v) is 6.07. The second-order valence-corrected chi connectivity index (χ2v) is 5.29. The molecule has 0 bridgehead atoms. The molecule has 2 rings (SSSR count). The summed E-state index contributed by atoms with van der Waals surface area (Å²) in [6.07, 6.45) is 5.18. The van der Waals surface area contributed by atoms with Crippen LogP contribution in [0.2, 0.25) is 0 Å². The van der Waals surface area contributed by atoms with Gasteiger partial charge in [0, 0.05) is 17.8 Å². The van der Waals surface area contributed by atoms with E-state index in [1.807, 2.05) is 32.9 Å². The first-order valence-electron chi connectivity index (χ1n) is 6.07. The van der Waals surface area contributed by atoms with Crippen LogP contribution in [-0.2, 0) is 11.3 Å². The van der Waals surface area contributed by atoms with Crippen LogP contribution in [0.3, 0.4) is 0 Å². The Bertz CT molecular complexity index is 556. The molecular formula is C13H17N5O. The highest BCUT2D eigenvalue weighted by Crippen LogP contribution is 2.12. The highest BCUT2D eigenvalue weighted by Gasteiger charge is 2.20. The lowest BCUT2D eigenvalue weighted by Crippen LogP contribution is -2.34. The maximum atomic E-state index is 11.7. The van der Waals surface area contributed by atoms with E-state index in [0.717, 1.165) is 11.4 Å². The summed E-state index contributed by atoms with van der Waals surface area (Å²) in [6, 6.07) is 3.68. The topological polar surface area (TPSA) is 72.7 Å². The summed E-state index contributed by atoms with van der Waals surface area (Å²) in [5.41, 5.74) is 1.20. The summed E-state index contributed by atoms with van der Waals surface area (Å²) in [5, 5.41) is 10.9. The molecule has 0 unspecified atom stereocenters. The zero-order valence-corrected chi connectivity index (χ0v) is 11.3. The van der Waals surface area contributed by atoms with Crippen LogP contribution >= 0.6 is 0 Å². The fourth-order valence-electron chi connectivity index (χ4n) is 1.44. The highest BCUT2D eigenvalue weighted by molar-refractivity contribution is 5.81. The first kappa shape index (κ1) is 13.2. The summed E-state index contributed by atoms with van der Waals surface area (Å²) >= 11 is 0. The van der Waals surface area contributed by atoms with Crippen LogP contribution in [0, 0.1) is 5.41 Å². The van der Waals surface area contributed by atoms with Gasteiger partial charge < -0.3 is 5.32 Å². The van der Waals surface area contributed by atoms with Gasteiger partial charge in [0.2, 0.25) is 5.91 Å². The second-order valence-electron chi connectivity index (χ2n) is 5.29. The van der Waals surface area contributed by atoms with Crippen LogP contribution in [0.15, 0.2) is 30.7 Å². The number of rotatable bonds is 3. The average molecular weight is 259 g/mol. The monoisotopic (exact) mass is 259 g/mol. The quantitative estimate of drug-likeness (QED) is 0.902. The number of hydrogen-bond donors (Lipinski definition) is 1. The fourth-order valence-corrected chi connectivity index (χ4v) is 1.44. The zero-order chi connectivity index (χ0) is 13.9. The van der Waals surface area contributed by atoms with Gasteiger partial charge >= 0.3 is 0 Å². The Hall–Kier alpha value is -2.24. The lowest BCUT2D eigenvalue weighted by Gasteiger charge is -2.16. The number of amides is 1. The Balaban J connectivity index is 2.01. The smallest absolute Gasteiger partial charge is 0.225 e. The van der Waals surface area contributed by atoms with Crippen molar-refractivity contribution in [3.05, 3.63) is 36.4 Å². The van der Waals surface area contributed by atoms with Gasteiger partial charge in [-0.3, -0.25) is 9.78 Å². The van der Waals surface area contributed by atoms with E-state index < -0.39 is 5.41 Å². The molecule has 0 aliphatic heterocycles. The summed E-state index contributed by atoms with van der Waals surface area (Å²) in [6.45, 7) is 5.99. The Labute approximate surface area is 111 Å². The minimum atomic E-state index is -0.402. The van der Waals surface area contributed by atoms with Gasteiger partial charge in [0.25, 0.3) is 0 Å². The van der Waals surface area contributed by atoms with Gasteiger partial charge in [0.1, 0.15) is 5.69 Å². The van der Waals surface area contributed by atoms with Gasteiger partial charge in [-0.15, -0.1) is 5.10 Å². The summed E-state index contributed by atoms with van der Waals surface area (Å²) in [4.78, 5) is 15.7. The molecular weight excluding hydrogens is 242 g/mol. The molecule has 0 saturated carbocycles. The molecule has 19 heavy (non-hydrogen) atoms. The van der Waals surface area contributed by atoms with E-state index in [9.17, 15) is 4.79 Å². The standard InChI is InChI=1S/C13H17N5O/c1-13(2,3)12(19)15-8-10-9-18(17-16-10)11-4-6-14-7-5-11/h4-7,9H,8H2,1-3H3,(H,15,19). The van der Waals surface area contributed by atoms with Gasteiger partial charge in [-0.25, -0.2) is 4.68 Å². The second kappa shape index (κ2) is 5.17. The van der Waals surface area contributed by atoms with Crippen LogP contribution < -0.4 is 5.32 Å². The van der Waals surface area contributed by atoms with Crippen molar-refractivity contribution in [3.63, 3.8) is 0 Å². The SMILES string of the molecule is CC(C)(C)C(=O)NCc1cn(-c2ccncc2)nn1. The summed E-state index contributed by atoms with van der Waals surface area (Å²) < 4.78 is 1.65. The lowest BCUT2D eigenvalue weighted by molar-refractivity contribution is -0.128. The molecule has 2 aromatic rings. The third kappa shape index (κ3) is 3.37. The van der Waals surface area contributed by atoms with Crippen molar-refractivity contribution >= 4 is 5.91 Å². The van der Waals surface area contributed by atoms with Crippen molar-refractivity contribution in [2.45, 2.75) is 27.3 Å². The number of nitrogens with one attached hydrogen (secondary N) is 1. The number of carbonyl (C=O) groups excluding carboxylic acids is 1. The number of aromatic nitrogens is 4. The van der Waals surface area contributed by atoms with Crippen molar-refractivity contribution in [3.8, 4) is 5.69 Å². The van der Waals surface area contributed by atoms with Gasteiger partial charge in [0.05, 0.1) is 18.4 Å². The maximum Gasteiger partial charge on any atom is 0.225 e. The van der Waals surface area contributed by atoms with E-state index in [2.05, 4.69) is 20.6 Å². The van der Waals surface area contributed by atoms with Crippen LogP contribution in [0.5, 0.6) is 0 Å². The minimum absolute atomic E-state index is 0.00837. The minimum Gasteiger partial charge on any atom is -0.350 e. The average Bonchev–Trinajstić information content (AvgIpc) is 2.84. The van der Waals surface area contributed by atoms with E-state index >= 15 is 0 Å². The fraction of sp³-hybridized carbons (Fsp3) is 0.385. The van der Waals surface area contributed by atoms with Crippen LogP contribution in [0.25, 0.3) is 5.69 Å². The van der Waals surface area contributed by atoms with Gasteiger partial charge in [-0.1, -0.05) is 26.0 Å². The Morgan fingerprint density at radius 3 is 2.63 bits per heavy atom. The Morgan fingerprint density at radius 1 is 1.32 bits per heavy atom. The molecule has 0 aromatic carbocycles. The maximum absolute atomic E-state index is 11.7. The molecule has 1 N–H and O–H groups in total. The molecule has 0 radical (unpaired) electrons. The highest BCUT2D eigenvalue weighted by atomic mass is 16.2. The van der Waals surface area contributed by atoms with Crippen molar-refractivity contribution in [2.24, 2.45) is 5.41 Å². The third-order valence-electron chi connectivity index (χ3n) is 2.58. The summed E-state index contributed by atoms with van der Waals surface area (Å²) in [5.74, 6) is -0.00837. The van der Waals surface area contributed by atoms with Crippen LogP contribution in [-0.4, -0.2) is 25.9 Å². The van der Waals surface area contributed by atoms with Gasteiger partial charge in [0.15, 0.2) is 0 Å². The number of pyridine rings is 1. The van der Waals surface area contributed by atoms with E-state index in [1.54, 1.807) is 23.3 Å².